The molecule has 0 saturated heterocycles. The first-order valence-corrected chi connectivity index (χ1v) is 15.0. The van der Waals surface area contributed by atoms with Crippen molar-refractivity contribution in [2.24, 2.45) is 11.8 Å². The Labute approximate surface area is 162 Å². The Morgan fingerprint density at radius 3 is 1.43 bits per heavy atom. The van der Waals surface area contributed by atoms with E-state index in [9.17, 15) is 0 Å². The van der Waals surface area contributed by atoms with E-state index in [-0.39, 0.29) is 0 Å². The van der Waals surface area contributed by atoms with Gasteiger partial charge in [0.05, 0.1) is 0 Å². The van der Waals surface area contributed by atoms with Crippen LogP contribution in [0.2, 0.25) is 0 Å². The molecule has 0 nitrogen and oxygen atoms in total. The summed E-state index contributed by atoms with van der Waals surface area (Å²) in [7, 11) is 9.87. The molecule has 3 heteroatoms. The van der Waals surface area contributed by atoms with Crippen LogP contribution in [0.25, 0.3) is 0 Å². The van der Waals surface area contributed by atoms with Gasteiger partial charge in [-0.2, -0.15) is 12.2 Å². The number of hydrogen-bond donors (Lipinski definition) is 0. The van der Waals surface area contributed by atoms with Crippen LogP contribution >= 0.6 is 17.0 Å². The predicted octanol–water partition coefficient (Wildman–Crippen LogP) is 7.60. The van der Waals surface area contributed by atoms with Crippen LogP contribution in [0, 0.1) is 24.0 Å². The standard InChI is InChI=1S/2C10H15.2ClH.Zr/c2*1-3-4-5-10-7-6-9(2)8-10;;;/h2*6-7,9H,3-5H2,1-2H3;2*1H;/q2*-1;;;+4/p-2. The fraction of sp³-hybridized carbons (Fsp3) is 0.600. The van der Waals surface area contributed by atoms with Gasteiger partial charge in [0.2, 0.25) is 0 Å². The molecule has 2 unspecified atom stereocenters. The van der Waals surface area contributed by atoms with Crippen molar-refractivity contribution in [3.63, 3.8) is 0 Å². The molecule has 0 N–H and O–H groups in total. The molecule has 2 aliphatic carbocycles. The Morgan fingerprint density at radius 2 is 1.22 bits per heavy atom. The minimum atomic E-state index is -0.826. The molecule has 23 heavy (non-hydrogen) atoms. The number of halogens is 2. The zero-order valence-corrected chi connectivity index (χ0v) is 18.9. The summed E-state index contributed by atoms with van der Waals surface area (Å²) in [5.41, 5.74) is 2.82. The summed E-state index contributed by atoms with van der Waals surface area (Å²) >= 11 is -0.826. The van der Waals surface area contributed by atoms with Crippen LogP contribution in [-0.4, -0.2) is 0 Å². The Bertz CT molecular complexity index is 370. The Kier molecular flexibility index (Phi) is 16.2. The quantitative estimate of drug-likeness (QED) is 0.379. The summed E-state index contributed by atoms with van der Waals surface area (Å²) in [6.07, 6.45) is 23.3. The monoisotopic (exact) mass is 430 g/mol. The number of hydrogen-bond acceptors (Lipinski definition) is 0. The van der Waals surface area contributed by atoms with Gasteiger partial charge < -0.3 is 0 Å². The average Bonchev–Trinajstić information content (AvgIpc) is 3.13. The van der Waals surface area contributed by atoms with Crippen LogP contribution in [0.5, 0.6) is 0 Å². The van der Waals surface area contributed by atoms with Crippen LogP contribution in [0.15, 0.2) is 35.5 Å². The second-order valence-corrected chi connectivity index (χ2v) is 9.65. The van der Waals surface area contributed by atoms with Crippen molar-refractivity contribution in [1.82, 2.24) is 0 Å². The van der Waals surface area contributed by atoms with E-state index in [1.807, 2.05) is 0 Å². The molecule has 0 saturated carbocycles. The maximum absolute atomic E-state index is 4.93. The third kappa shape index (κ3) is 13.4. The van der Waals surface area contributed by atoms with Crippen molar-refractivity contribution in [3.05, 3.63) is 47.6 Å². The van der Waals surface area contributed by atoms with Crippen molar-refractivity contribution in [2.75, 3.05) is 0 Å². The molecule has 0 radical (unpaired) electrons. The summed E-state index contributed by atoms with van der Waals surface area (Å²) in [6, 6.07) is 0. The minimum absolute atomic E-state index is 0.562. The summed E-state index contributed by atoms with van der Waals surface area (Å²) < 4.78 is 0. The van der Waals surface area contributed by atoms with E-state index in [0.717, 1.165) is 0 Å². The van der Waals surface area contributed by atoms with Gasteiger partial charge in [-0.1, -0.05) is 78.1 Å². The number of allylic oxidation sites excluding steroid dienone is 8. The average molecular weight is 433 g/mol. The molecular formula is C20H30Cl2Zr. The molecule has 0 amide bonds. The summed E-state index contributed by atoms with van der Waals surface area (Å²) in [5, 5.41) is 0. The van der Waals surface area contributed by atoms with Crippen molar-refractivity contribution in [2.45, 2.75) is 66.2 Å². The zero-order valence-electron chi connectivity index (χ0n) is 15.0. The SMILES string of the molecule is CCCCC1=[C-]C(C)C=C1.CCCCC1=[C-]C(C)C=C1.[Cl][Zr+2][Cl]. The number of rotatable bonds is 6. The van der Waals surface area contributed by atoms with Gasteiger partial charge >= 0.3 is 37.9 Å². The van der Waals surface area contributed by atoms with Crippen molar-refractivity contribution in [3.8, 4) is 0 Å². The molecule has 0 spiro atoms. The van der Waals surface area contributed by atoms with Crippen LogP contribution in [0.4, 0.5) is 0 Å². The van der Waals surface area contributed by atoms with Gasteiger partial charge in [-0.25, -0.2) is 23.3 Å². The fourth-order valence-electron chi connectivity index (χ4n) is 2.34. The molecule has 2 rings (SSSR count). The number of unbranched alkanes of at least 4 members (excludes halogenated alkanes) is 2. The van der Waals surface area contributed by atoms with Gasteiger partial charge in [0.25, 0.3) is 0 Å². The van der Waals surface area contributed by atoms with E-state index >= 15 is 0 Å². The van der Waals surface area contributed by atoms with E-state index in [2.05, 4.69) is 64.2 Å². The normalized spacial score (nSPS) is 20.8. The second kappa shape index (κ2) is 15.9. The Morgan fingerprint density at radius 1 is 0.870 bits per heavy atom. The van der Waals surface area contributed by atoms with Gasteiger partial charge in [0.15, 0.2) is 0 Å². The Hall–Kier alpha value is 0.423. The van der Waals surface area contributed by atoms with Gasteiger partial charge in [0, 0.05) is 0 Å². The third-order valence-electron chi connectivity index (χ3n) is 3.60. The molecule has 0 aromatic heterocycles. The van der Waals surface area contributed by atoms with Crippen LogP contribution in [0.1, 0.15) is 66.2 Å². The first-order chi connectivity index (χ1) is 11.1. The second-order valence-electron chi connectivity index (χ2n) is 5.91. The van der Waals surface area contributed by atoms with Crippen LogP contribution in [0.3, 0.4) is 0 Å². The van der Waals surface area contributed by atoms with E-state index in [1.54, 1.807) is 0 Å². The van der Waals surface area contributed by atoms with Gasteiger partial charge in [0.1, 0.15) is 0 Å². The van der Waals surface area contributed by atoms with Crippen molar-refractivity contribution in [1.29, 1.82) is 0 Å². The molecule has 128 valence electrons. The van der Waals surface area contributed by atoms with E-state index in [4.69, 9.17) is 17.0 Å². The van der Waals surface area contributed by atoms with Crippen molar-refractivity contribution >= 4 is 17.0 Å². The first-order valence-electron chi connectivity index (χ1n) is 8.64. The summed E-state index contributed by atoms with van der Waals surface area (Å²) in [4.78, 5) is 0. The molecular weight excluding hydrogens is 402 g/mol. The molecule has 0 aromatic carbocycles. The van der Waals surface area contributed by atoms with Gasteiger partial charge in [-0.15, -0.1) is 0 Å². The van der Waals surface area contributed by atoms with Crippen LogP contribution < -0.4 is 0 Å². The van der Waals surface area contributed by atoms with Crippen molar-refractivity contribution < 1.29 is 20.8 Å². The molecule has 0 aliphatic heterocycles. The predicted molar refractivity (Wildman–Crippen MR) is 101 cm³/mol. The van der Waals surface area contributed by atoms with E-state index in [0.29, 0.717) is 11.8 Å². The molecule has 2 aliphatic rings. The van der Waals surface area contributed by atoms with Gasteiger partial charge in [-0.3, -0.25) is 12.2 Å². The van der Waals surface area contributed by atoms with Crippen LogP contribution in [-0.2, 0) is 20.8 Å². The van der Waals surface area contributed by atoms with E-state index in [1.165, 1.54) is 49.7 Å². The molecule has 0 bridgehead atoms. The Balaban J connectivity index is 0.000000360. The molecule has 0 aromatic rings. The summed E-state index contributed by atoms with van der Waals surface area (Å²) in [5.74, 6) is 1.12. The first kappa shape index (κ1) is 23.4. The maximum atomic E-state index is 4.93. The van der Waals surface area contributed by atoms with Gasteiger partial charge in [-0.05, 0) is 0 Å². The zero-order chi connectivity index (χ0) is 17.5. The fourth-order valence-corrected chi connectivity index (χ4v) is 2.34. The summed E-state index contributed by atoms with van der Waals surface area (Å²) in [6.45, 7) is 8.80. The topological polar surface area (TPSA) is 0 Å². The third-order valence-corrected chi connectivity index (χ3v) is 3.60. The molecule has 2 atom stereocenters. The molecule has 0 fully saturated rings. The molecule has 0 heterocycles. The van der Waals surface area contributed by atoms with E-state index < -0.39 is 20.8 Å².